The first kappa shape index (κ1) is 13.6. The fourth-order valence-corrected chi connectivity index (χ4v) is 1.77. The van der Waals surface area contributed by atoms with Gasteiger partial charge in [-0.2, -0.15) is 5.26 Å². The number of carbonyl (C=O) groups is 1. The van der Waals surface area contributed by atoms with Crippen molar-refractivity contribution in [1.29, 1.82) is 5.26 Å². The second-order valence-electron chi connectivity index (χ2n) is 4.13. The normalized spacial score (nSPS) is 9.80. The van der Waals surface area contributed by atoms with Gasteiger partial charge in [-0.3, -0.25) is 0 Å². The van der Waals surface area contributed by atoms with Crippen LogP contribution in [0.2, 0.25) is 0 Å². The summed E-state index contributed by atoms with van der Waals surface area (Å²) in [6.45, 7) is 0.301. The molecule has 0 aliphatic heterocycles. The van der Waals surface area contributed by atoms with Gasteiger partial charge in [-0.05, 0) is 29.8 Å². The fraction of sp³-hybridized carbons (Fsp3) is 0.0667. The smallest absolute Gasteiger partial charge is 0.338 e. The molecule has 0 unspecified atom stereocenters. The van der Waals surface area contributed by atoms with E-state index in [1.807, 2.05) is 0 Å². The van der Waals surface area contributed by atoms with E-state index in [2.05, 4.69) is 11.4 Å². The number of hydrogen-bond donors (Lipinski definition) is 2. The molecule has 100 valence electrons. The van der Waals surface area contributed by atoms with E-state index in [-0.39, 0.29) is 5.56 Å². The van der Waals surface area contributed by atoms with Crippen molar-refractivity contribution in [2.45, 2.75) is 6.54 Å². The van der Waals surface area contributed by atoms with Gasteiger partial charge >= 0.3 is 5.97 Å². The van der Waals surface area contributed by atoms with Gasteiger partial charge in [0.2, 0.25) is 0 Å². The molecule has 2 rings (SSSR count). The second-order valence-corrected chi connectivity index (χ2v) is 4.13. The Morgan fingerprint density at radius 3 is 2.70 bits per heavy atom. The van der Waals surface area contributed by atoms with Crippen molar-refractivity contribution in [3.8, 4) is 6.07 Å². The zero-order chi connectivity index (χ0) is 14.5. The fourth-order valence-electron chi connectivity index (χ4n) is 1.77. The summed E-state index contributed by atoms with van der Waals surface area (Å²) in [5.74, 6) is -2.07. The van der Waals surface area contributed by atoms with Crippen LogP contribution >= 0.6 is 0 Å². The molecule has 0 atom stereocenters. The summed E-state index contributed by atoms with van der Waals surface area (Å²) in [6, 6.07) is 13.0. The number of carboxylic acid groups (broad SMARTS) is 1. The third kappa shape index (κ3) is 2.93. The molecule has 0 aliphatic rings. The van der Waals surface area contributed by atoms with E-state index in [1.165, 1.54) is 18.2 Å². The largest absolute Gasteiger partial charge is 0.478 e. The number of hydrogen-bond acceptors (Lipinski definition) is 3. The number of anilines is 1. The van der Waals surface area contributed by atoms with Crippen LogP contribution in [0.5, 0.6) is 0 Å². The predicted molar refractivity (Wildman–Crippen MR) is 71.8 cm³/mol. The lowest BCUT2D eigenvalue weighted by Gasteiger charge is -2.08. The van der Waals surface area contributed by atoms with Crippen molar-refractivity contribution in [2.24, 2.45) is 0 Å². The first-order valence-corrected chi connectivity index (χ1v) is 5.86. The van der Waals surface area contributed by atoms with Crippen LogP contribution in [0.1, 0.15) is 21.5 Å². The van der Waals surface area contributed by atoms with E-state index < -0.39 is 11.8 Å². The molecule has 2 N–H and O–H groups in total. The molecule has 20 heavy (non-hydrogen) atoms. The number of nitrogens with zero attached hydrogens (tertiary/aromatic N) is 1. The molecule has 0 aliphatic carbocycles. The minimum absolute atomic E-state index is 0.301. The number of nitriles is 1. The molecule has 5 heteroatoms. The molecule has 0 bridgehead atoms. The topological polar surface area (TPSA) is 73.1 Å². The van der Waals surface area contributed by atoms with E-state index in [9.17, 15) is 9.18 Å². The highest BCUT2D eigenvalue weighted by Crippen LogP contribution is 2.16. The summed E-state index contributed by atoms with van der Waals surface area (Å²) < 4.78 is 13.5. The number of aromatic carboxylic acids is 1. The first-order valence-electron chi connectivity index (χ1n) is 5.86. The summed E-state index contributed by atoms with van der Waals surface area (Å²) in [4.78, 5) is 10.7. The highest BCUT2D eigenvalue weighted by molar-refractivity contribution is 5.87. The summed E-state index contributed by atoms with van der Waals surface area (Å²) >= 11 is 0. The molecule has 0 spiro atoms. The van der Waals surface area contributed by atoms with Crippen molar-refractivity contribution < 1.29 is 14.3 Å². The van der Waals surface area contributed by atoms with Crippen molar-refractivity contribution in [2.75, 3.05) is 5.32 Å². The van der Waals surface area contributed by atoms with E-state index >= 15 is 0 Å². The summed E-state index contributed by atoms with van der Waals surface area (Å²) in [6.07, 6.45) is 0. The minimum Gasteiger partial charge on any atom is -0.478 e. The van der Waals surface area contributed by atoms with Gasteiger partial charge in [0.15, 0.2) is 0 Å². The van der Waals surface area contributed by atoms with Crippen molar-refractivity contribution >= 4 is 11.7 Å². The molecular formula is C15H11FN2O2. The van der Waals surface area contributed by atoms with Crippen LogP contribution in [0.25, 0.3) is 0 Å². The number of halogens is 1. The van der Waals surface area contributed by atoms with Crippen LogP contribution in [0.15, 0.2) is 42.5 Å². The molecule has 2 aromatic rings. The van der Waals surface area contributed by atoms with Gasteiger partial charge in [-0.1, -0.05) is 18.2 Å². The van der Waals surface area contributed by atoms with Crippen molar-refractivity contribution in [3.63, 3.8) is 0 Å². The molecule has 0 amide bonds. The summed E-state index contributed by atoms with van der Waals surface area (Å²) in [5, 5.41) is 20.7. The Labute approximate surface area is 115 Å². The van der Waals surface area contributed by atoms with E-state index in [0.29, 0.717) is 23.4 Å². The Bertz CT molecular complexity index is 693. The van der Waals surface area contributed by atoms with Gasteiger partial charge in [-0.25, -0.2) is 9.18 Å². The molecule has 2 aromatic carbocycles. The standard InChI is InChI=1S/C15H11FN2O2/c16-13-7-10(5-6-12(13)15(19)20)9-18-14-4-2-1-3-11(14)8-17/h1-7,18H,9H2,(H,19,20). The van der Waals surface area contributed by atoms with Gasteiger partial charge in [0.1, 0.15) is 11.9 Å². The van der Waals surface area contributed by atoms with Gasteiger partial charge in [0, 0.05) is 6.54 Å². The molecule has 0 aromatic heterocycles. The maximum absolute atomic E-state index is 13.5. The SMILES string of the molecule is N#Cc1ccccc1NCc1ccc(C(=O)O)c(F)c1. The van der Waals surface area contributed by atoms with Crippen LogP contribution in [-0.4, -0.2) is 11.1 Å². The highest BCUT2D eigenvalue weighted by Gasteiger charge is 2.10. The van der Waals surface area contributed by atoms with Crippen molar-refractivity contribution in [1.82, 2.24) is 0 Å². The number of benzene rings is 2. The molecule has 0 saturated carbocycles. The van der Waals surface area contributed by atoms with Crippen LogP contribution in [-0.2, 0) is 6.54 Å². The Balaban J connectivity index is 2.14. The zero-order valence-corrected chi connectivity index (χ0v) is 10.4. The van der Waals surface area contributed by atoms with Crippen LogP contribution in [0.4, 0.5) is 10.1 Å². The average Bonchev–Trinajstić information content (AvgIpc) is 2.45. The second kappa shape index (κ2) is 5.85. The van der Waals surface area contributed by atoms with E-state index in [0.717, 1.165) is 0 Å². The van der Waals surface area contributed by atoms with Crippen molar-refractivity contribution in [3.05, 3.63) is 65.0 Å². The molecule has 0 saturated heterocycles. The number of nitrogens with one attached hydrogen (secondary N) is 1. The third-order valence-electron chi connectivity index (χ3n) is 2.79. The number of carboxylic acids is 1. The van der Waals surface area contributed by atoms with E-state index in [4.69, 9.17) is 10.4 Å². The van der Waals surface area contributed by atoms with Gasteiger partial charge in [0.05, 0.1) is 16.8 Å². The molecule has 0 heterocycles. The average molecular weight is 270 g/mol. The Morgan fingerprint density at radius 1 is 1.30 bits per heavy atom. The molecule has 0 radical (unpaired) electrons. The molecule has 4 nitrogen and oxygen atoms in total. The first-order chi connectivity index (χ1) is 9.61. The maximum Gasteiger partial charge on any atom is 0.338 e. The predicted octanol–water partition coefficient (Wildman–Crippen LogP) is 3.01. The monoisotopic (exact) mass is 270 g/mol. The summed E-state index contributed by atoms with van der Waals surface area (Å²) in [7, 11) is 0. The quantitative estimate of drug-likeness (QED) is 0.895. The summed E-state index contributed by atoms with van der Waals surface area (Å²) in [5.41, 5.74) is 1.39. The Hall–Kier alpha value is -2.87. The van der Waals surface area contributed by atoms with E-state index in [1.54, 1.807) is 24.3 Å². The van der Waals surface area contributed by atoms with Gasteiger partial charge < -0.3 is 10.4 Å². The number of para-hydroxylation sites is 1. The van der Waals surface area contributed by atoms with Gasteiger partial charge in [-0.15, -0.1) is 0 Å². The highest BCUT2D eigenvalue weighted by atomic mass is 19.1. The van der Waals surface area contributed by atoms with Crippen LogP contribution in [0, 0.1) is 17.1 Å². The van der Waals surface area contributed by atoms with Crippen LogP contribution in [0.3, 0.4) is 0 Å². The number of rotatable bonds is 4. The minimum atomic E-state index is -1.29. The lowest BCUT2D eigenvalue weighted by molar-refractivity contribution is 0.0692. The lowest BCUT2D eigenvalue weighted by Crippen LogP contribution is -2.04. The zero-order valence-electron chi connectivity index (χ0n) is 10.4. The van der Waals surface area contributed by atoms with Gasteiger partial charge in [0.25, 0.3) is 0 Å². The van der Waals surface area contributed by atoms with Crippen LogP contribution < -0.4 is 5.32 Å². The Morgan fingerprint density at radius 2 is 2.05 bits per heavy atom. The molecule has 0 fully saturated rings. The Kier molecular flexibility index (Phi) is 3.96. The third-order valence-corrected chi connectivity index (χ3v) is 2.79. The lowest BCUT2D eigenvalue weighted by atomic mass is 10.1. The molecular weight excluding hydrogens is 259 g/mol. The maximum atomic E-state index is 13.5.